The monoisotopic (exact) mass is 339 g/mol. The molecule has 1 aromatic heterocycles. The SMILES string of the molecule is Cc1cc(C(=O)N2CCc3ccccc32)nc(NCCCN(C)C)n1. The molecule has 2 aromatic rings. The van der Waals surface area contributed by atoms with Gasteiger partial charge in [0, 0.05) is 24.5 Å². The summed E-state index contributed by atoms with van der Waals surface area (Å²) < 4.78 is 0. The summed E-state index contributed by atoms with van der Waals surface area (Å²) in [5, 5.41) is 3.23. The highest BCUT2D eigenvalue weighted by Crippen LogP contribution is 2.28. The first-order valence-corrected chi connectivity index (χ1v) is 8.68. The van der Waals surface area contributed by atoms with Crippen molar-refractivity contribution in [3.63, 3.8) is 0 Å². The Hall–Kier alpha value is -2.47. The number of hydrogen-bond acceptors (Lipinski definition) is 5. The molecule has 25 heavy (non-hydrogen) atoms. The molecule has 0 bridgehead atoms. The fourth-order valence-electron chi connectivity index (χ4n) is 3.04. The zero-order valence-electron chi connectivity index (χ0n) is 15.1. The number of benzene rings is 1. The fraction of sp³-hybridized carbons (Fsp3) is 0.421. The number of carbonyl (C=O) groups is 1. The van der Waals surface area contributed by atoms with E-state index in [0.717, 1.165) is 37.3 Å². The molecule has 0 aliphatic carbocycles. The van der Waals surface area contributed by atoms with Gasteiger partial charge in [0.25, 0.3) is 5.91 Å². The molecule has 1 aliphatic rings. The lowest BCUT2D eigenvalue weighted by Crippen LogP contribution is -2.30. The van der Waals surface area contributed by atoms with Gasteiger partial charge in [-0.25, -0.2) is 9.97 Å². The van der Waals surface area contributed by atoms with Crippen molar-refractivity contribution in [2.24, 2.45) is 0 Å². The summed E-state index contributed by atoms with van der Waals surface area (Å²) in [7, 11) is 4.10. The highest BCUT2D eigenvalue weighted by molar-refractivity contribution is 6.06. The first-order valence-electron chi connectivity index (χ1n) is 8.68. The highest BCUT2D eigenvalue weighted by atomic mass is 16.2. The average Bonchev–Trinajstić information content (AvgIpc) is 3.01. The van der Waals surface area contributed by atoms with Crippen LogP contribution in [0.25, 0.3) is 0 Å². The number of amides is 1. The van der Waals surface area contributed by atoms with Gasteiger partial charge in [0.2, 0.25) is 5.95 Å². The summed E-state index contributed by atoms with van der Waals surface area (Å²) in [5.74, 6) is 0.460. The lowest BCUT2D eigenvalue weighted by atomic mass is 10.2. The third-order valence-electron chi connectivity index (χ3n) is 4.27. The van der Waals surface area contributed by atoms with Crippen LogP contribution < -0.4 is 10.2 Å². The minimum Gasteiger partial charge on any atom is -0.354 e. The van der Waals surface area contributed by atoms with Crippen molar-refractivity contribution in [3.8, 4) is 0 Å². The molecule has 0 radical (unpaired) electrons. The number of anilines is 2. The third-order valence-corrected chi connectivity index (χ3v) is 4.27. The first-order chi connectivity index (χ1) is 12.0. The molecule has 1 amide bonds. The minimum atomic E-state index is -0.0632. The van der Waals surface area contributed by atoms with Crippen molar-refractivity contribution in [1.29, 1.82) is 0 Å². The zero-order chi connectivity index (χ0) is 17.8. The van der Waals surface area contributed by atoms with E-state index >= 15 is 0 Å². The van der Waals surface area contributed by atoms with Crippen LogP contribution in [0.5, 0.6) is 0 Å². The summed E-state index contributed by atoms with van der Waals surface area (Å²) >= 11 is 0. The molecule has 1 aromatic carbocycles. The van der Waals surface area contributed by atoms with E-state index in [4.69, 9.17) is 0 Å². The number of carbonyl (C=O) groups excluding carboxylic acids is 1. The summed E-state index contributed by atoms with van der Waals surface area (Å²) in [6, 6.07) is 9.80. The second kappa shape index (κ2) is 7.61. The van der Waals surface area contributed by atoms with Crippen LogP contribution in [0.2, 0.25) is 0 Å². The molecule has 1 N–H and O–H groups in total. The predicted octanol–water partition coefficient (Wildman–Crippen LogP) is 2.35. The third kappa shape index (κ3) is 4.14. The van der Waals surface area contributed by atoms with Crippen LogP contribution in [0.1, 0.15) is 28.2 Å². The van der Waals surface area contributed by atoms with Crippen molar-refractivity contribution in [2.45, 2.75) is 19.8 Å². The molecule has 0 unspecified atom stereocenters. The van der Waals surface area contributed by atoms with Gasteiger partial charge in [-0.05, 0) is 58.1 Å². The highest BCUT2D eigenvalue weighted by Gasteiger charge is 2.26. The second-order valence-corrected chi connectivity index (χ2v) is 6.64. The quantitative estimate of drug-likeness (QED) is 0.819. The topological polar surface area (TPSA) is 61.4 Å². The molecular weight excluding hydrogens is 314 g/mol. The molecule has 0 spiro atoms. The molecule has 0 atom stereocenters. The summed E-state index contributed by atoms with van der Waals surface area (Å²) in [5.41, 5.74) is 3.44. The number of nitrogens with zero attached hydrogens (tertiary/aromatic N) is 4. The Morgan fingerprint density at radius 3 is 2.88 bits per heavy atom. The lowest BCUT2D eigenvalue weighted by Gasteiger charge is -2.17. The van der Waals surface area contributed by atoms with Crippen LogP contribution >= 0.6 is 0 Å². The molecule has 3 rings (SSSR count). The van der Waals surface area contributed by atoms with E-state index in [2.05, 4.69) is 26.3 Å². The van der Waals surface area contributed by atoms with E-state index in [-0.39, 0.29) is 5.91 Å². The van der Waals surface area contributed by atoms with E-state index in [1.165, 1.54) is 5.56 Å². The number of hydrogen-bond donors (Lipinski definition) is 1. The Bertz CT molecular complexity index is 759. The summed E-state index contributed by atoms with van der Waals surface area (Å²) in [4.78, 5) is 25.7. The van der Waals surface area contributed by atoms with Crippen LogP contribution in [-0.2, 0) is 6.42 Å². The first kappa shape index (κ1) is 17.4. The van der Waals surface area contributed by atoms with Gasteiger partial charge in [0.15, 0.2) is 0 Å². The normalized spacial score (nSPS) is 13.2. The van der Waals surface area contributed by atoms with Gasteiger partial charge in [-0.15, -0.1) is 0 Å². The van der Waals surface area contributed by atoms with Gasteiger partial charge >= 0.3 is 0 Å². The van der Waals surface area contributed by atoms with E-state index in [9.17, 15) is 4.79 Å². The van der Waals surface area contributed by atoms with Crippen molar-refractivity contribution < 1.29 is 4.79 Å². The Labute approximate surface area is 148 Å². The molecule has 1 aliphatic heterocycles. The van der Waals surface area contributed by atoms with Crippen LogP contribution in [0, 0.1) is 6.92 Å². The smallest absolute Gasteiger partial charge is 0.277 e. The van der Waals surface area contributed by atoms with Crippen LogP contribution in [0.4, 0.5) is 11.6 Å². The Morgan fingerprint density at radius 2 is 2.08 bits per heavy atom. The van der Waals surface area contributed by atoms with Gasteiger partial charge in [0.1, 0.15) is 5.69 Å². The maximum Gasteiger partial charge on any atom is 0.277 e. The predicted molar refractivity (Wildman–Crippen MR) is 100 cm³/mol. The fourth-order valence-corrected chi connectivity index (χ4v) is 3.04. The maximum absolute atomic E-state index is 12.9. The average molecular weight is 339 g/mol. The molecule has 6 heteroatoms. The molecule has 0 fully saturated rings. The number of fused-ring (bicyclic) bond motifs is 1. The molecular formula is C19H25N5O. The van der Waals surface area contributed by atoms with Crippen molar-refractivity contribution in [3.05, 3.63) is 47.3 Å². The standard InChI is InChI=1S/C19H25N5O/c1-14-13-16(22-19(21-14)20-10-6-11-23(2)3)18(25)24-12-9-15-7-4-5-8-17(15)24/h4-5,7-8,13H,6,9-12H2,1-3H3,(H,20,21,22). The van der Waals surface area contributed by atoms with Crippen LogP contribution in [0.15, 0.2) is 30.3 Å². The Kier molecular flexibility index (Phi) is 5.28. The molecule has 0 saturated heterocycles. The van der Waals surface area contributed by atoms with Gasteiger partial charge in [-0.2, -0.15) is 0 Å². The second-order valence-electron chi connectivity index (χ2n) is 6.64. The zero-order valence-corrected chi connectivity index (χ0v) is 15.1. The van der Waals surface area contributed by atoms with Gasteiger partial charge in [0.05, 0.1) is 0 Å². The Morgan fingerprint density at radius 1 is 1.28 bits per heavy atom. The van der Waals surface area contributed by atoms with Gasteiger partial charge < -0.3 is 15.1 Å². The van der Waals surface area contributed by atoms with Crippen LogP contribution in [-0.4, -0.2) is 54.5 Å². The van der Waals surface area contributed by atoms with Crippen LogP contribution in [0.3, 0.4) is 0 Å². The van der Waals surface area contributed by atoms with Crippen molar-refractivity contribution >= 4 is 17.5 Å². The van der Waals surface area contributed by atoms with E-state index in [0.29, 0.717) is 18.2 Å². The van der Waals surface area contributed by atoms with Crippen molar-refractivity contribution in [2.75, 3.05) is 43.9 Å². The van der Waals surface area contributed by atoms with Gasteiger partial charge in [-0.3, -0.25) is 4.79 Å². The minimum absolute atomic E-state index is 0.0632. The number of nitrogens with one attached hydrogen (secondary N) is 1. The summed E-state index contributed by atoms with van der Waals surface area (Å²) in [6.07, 6.45) is 1.88. The number of para-hydroxylation sites is 1. The van der Waals surface area contributed by atoms with Crippen molar-refractivity contribution in [1.82, 2.24) is 14.9 Å². The van der Waals surface area contributed by atoms with E-state index < -0.39 is 0 Å². The number of rotatable bonds is 6. The van der Waals surface area contributed by atoms with E-state index in [1.54, 1.807) is 6.07 Å². The largest absolute Gasteiger partial charge is 0.354 e. The molecule has 132 valence electrons. The number of aryl methyl sites for hydroxylation is 1. The molecule has 2 heterocycles. The maximum atomic E-state index is 12.9. The summed E-state index contributed by atoms with van der Waals surface area (Å²) in [6.45, 7) is 4.37. The Balaban J connectivity index is 1.73. The number of aromatic nitrogens is 2. The molecule has 6 nitrogen and oxygen atoms in total. The van der Waals surface area contributed by atoms with Gasteiger partial charge in [-0.1, -0.05) is 18.2 Å². The molecule has 0 saturated carbocycles. The lowest BCUT2D eigenvalue weighted by molar-refractivity contribution is 0.0984. The van der Waals surface area contributed by atoms with E-state index in [1.807, 2.05) is 44.1 Å².